The number of nitrogens with one attached hydrogen (secondary N) is 1. The van der Waals surface area contributed by atoms with Crippen molar-refractivity contribution in [2.45, 2.75) is 51.8 Å². The predicted molar refractivity (Wildman–Crippen MR) is 132 cm³/mol. The Labute approximate surface area is 204 Å². The smallest absolute Gasteiger partial charge is 0.238 e. The summed E-state index contributed by atoms with van der Waals surface area (Å²) in [7, 11) is 1.84. The van der Waals surface area contributed by atoms with Crippen LogP contribution in [-0.4, -0.2) is 55.5 Å². The zero-order valence-corrected chi connectivity index (χ0v) is 20.6. The maximum atomic E-state index is 13.2. The number of aryl methyl sites for hydroxylation is 1. The van der Waals surface area contributed by atoms with Gasteiger partial charge in [0.15, 0.2) is 0 Å². The molecule has 1 aliphatic rings. The molecular formula is C25H30ClN5O3. The van der Waals surface area contributed by atoms with Crippen LogP contribution >= 0.6 is 11.6 Å². The molecule has 0 radical (unpaired) electrons. The number of benzene rings is 2. The summed E-state index contributed by atoms with van der Waals surface area (Å²) in [5, 5.41) is 22.6. The first-order valence-electron chi connectivity index (χ1n) is 11.2. The van der Waals surface area contributed by atoms with Crippen LogP contribution in [0.15, 0.2) is 48.0 Å². The van der Waals surface area contributed by atoms with E-state index in [0.717, 1.165) is 27.7 Å². The van der Waals surface area contributed by atoms with Gasteiger partial charge in [-0.2, -0.15) is 0 Å². The fourth-order valence-corrected chi connectivity index (χ4v) is 4.27. The molecule has 4 rings (SSSR count). The van der Waals surface area contributed by atoms with Gasteiger partial charge in [0.1, 0.15) is 5.52 Å². The molecule has 2 N–H and O–H groups in total. The Bertz CT molecular complexity index is 1220. The minimum absolute atomic E-state index is 0.176. The summed E-state index contributed by atoms with van der Waals surface area (Å²) in [5.74, 6) is -0.176. The molecule has 0 aliphatic carbocycles. The summed E-state index contributed by atoms with van der Waals surface area (Å²) in [6, 6.07) is 12.8. The van der Waals surface area contributed by atoms with Gasteiger partial charge in [0, 0.05) is 25.2 Å². The molecule has 1 aliphatic heterocycles. The number of aliphatic hydroxyl groups excluding tert-OH is 1. The zero-order valence-electron chi connectivity index (χ0n) is 19.8. The Morgan fingerprint density at radius 1 is 1.32 bits per heavy atom. The van der Waals surface area contributed by atoms with Crippen molar-refractivity contribution in [3.63, 3.8) is 0 Å². The average molecular weight is 484 g/mol. The summed E-state index contributed by atoms with van der Waals surface area (Å²) in [4.78, 5) is 14.9. The summed E-state index contributed by atoms with van der Waals surface area (Å²) in [5.41, 5.74) is 4.03. The number of hydrogen-bond acceptors (Lipinski definition) is 6. The summed E-state index contributed by atoms with van der Waals surface area (Å²) < 4.78 is 7.48. The van der Waals surface area contributed by atoms with E-state index >= 15 is 0 Å². The van der Waals surface area contributed by atoms with Crippen LogP contribution in [0.2, 0.25) is 5.02 Å². The molecule has 1 amide bonds. The monoisotopic (exact) mass is 483 g/mol. The predicted octanol–water partition coefficient (Wildman–Crippen LogP) is 3.49. The van der Waals surface area contributed by atoms with Gasteiger partial charge in [-0.25, -0.2) is 9.58 Å². The molecule has 2 aromatic carbocycles. The van der Waals surface area contributed by atoms with E-state index in [9.17, 15) is 9.90 Å². The van der Waals surface area contributed by atoms with Gasteiger partial charge < -0.3 is 15.2 Å². The van der Waals surface area contributed by atoms with Crippen LogP contribution in [0.1, 0.15) is 38.3 Å². The largest absolute Gasteiger partial charge is 0.356 e. The van der Waals surface area contributed by atoms with Crippen molar-refractivity contribution < 1.29 is 14.6 Å². The molecule has 0 bridgehead atoms. The number of carbonyl (C=O) groups is 1. The first kappa shape index (κ1) is 24.3. The van der Waals surface area contributed by atoms with Gasteiger partial charge in [-0.1, -0.05) is 46.7 Å². The number of nitrogens with zero attached hydrogens (tertiary/aromatic N) is 4. The molecule has 180 valence electrons. The first-order valence-corrected chi connectivity index (χ1v) is 11.6. The highest BCUT2D eigenvalue weighted by atomic mass is 35.5. The summed E-state index contributed by atoms with van der Waals surface area (Å²) in [6.45, 7) is 6.36. The van der Waals surface area contributed by atoms with Crippen LogP contribution in [0.3, 0.4) is 0 Å². The molecule has 1 fully saturated rings. The Morgan fingerprint density at radius 2 is 2.12 bits per heavy atom. The van der Waals surface area contributed by atoms with Crippen LogP contribution < -0.4 is 5.32 Å². The van der Waals surface area contributed by atoms with Crippen LogP contribution in [0, 0.1) is 0 Å². The molecular weight excluding hydrogens is 454 g/mol. The number of halogens is 1. The van der Waals surface area contributed by atoms with Gasteiger partial charge in [-0.15, -0.1) is 5.10 Å². The van der Waals surface area contributed by atoms with Gasteiger partial charge in [0.05, 0.1) is 17.2 Å². The number of aliphatic hydroxyl groups is 1. The maximum absolute atomic E-state index is 13.2. The number of amides is 1. The van der Waals surface area contributed by atoms with Crippen LogP contribution in [0.25, 0.3) is 17.1 Å². The number of likely N-dealkylation sites (tertiary alicyclic amines) is 1. The third kappa shape index (κ3) is 5.82. The van der Waals surface area contributed by atoms with Crippen molar-refractivity contribution in [1.29, 1.82) is 0 Å². The molecule has 1 saturated heterocycles. The van der Waals surface area contributed by atoms with Crippen molar-refractivity contribution in [1.82, 2.24) is 25.2 Å². The van der Waals surface area contributed by atoms with Crippen molar-refractivity contribution in [3.8, 4) is 0 Å². The number of ether oxygens (including phenoxy) is 1. The highest BCUT2D eigenvalue weighted by Gasteiger charge is 2.39. The van der Waals surface area contributed by atoms with Gasteiger partial charge in [-0.3, -0.25) is 4.79 Å². The standard InChI is InChI=1S/C25H30ClN5O3/c1-25(2,3)34-24(33)31-15-18(10-16-6-5-7-19(26)11-16)13-22(31)23(32)27-14-17-8-9-21-20(12-17)28-29-30(21)4/h5-12,22,24,33H,13-15H2,1-4H3,(H,27,32)/b18-10+/t22-,24?/m0/s1. The SMILES string of the molecule is Cn1nnc2cc(CNC(=O)[C@@H]3C/C(=C\c4cccc(Cl)c4)CN3C(O)OC(C)(C)C)ccc21. The molecule has 9 heteroatoms. The second-order valence-corrected chi connectivity index (χ2v) is 10.00. The van der Waals surface area contributed by atoms with E-state index < -0.39 is 18.1 Å². The molecule has 0 spiro atoms. The van der Waals surface area contributed by atoms with Crippen LogP contribution in [-0.2, 0) is 23.1 Å². The van der Waals surface area contributed by atoms with Gasteiger partial charge in [-0.05, 0) is 62.6 Å². The van der Waals surface area contributed by atoms with E-state index in [1.807, 2.05) is 76.4 Å². The summed E-state index contributed by atoms with van der Waals surface area (Å²) >= 11 is 6.12. The van der Waals surface area contributed by atoms with E-state index in [-0.39, 0.29) is 5.91 Å². The number of aromatic nitrogens is 3. The molecule has 1 aromatic heterocycles. The van der Waals surface area contributed by atoms with Crippen LogP contribution in [0.4, 0.5) is 0 Å². The molecule has 3 aromatic rings. The van der Waals surface area contributed by atoms with Gasteiger partial charge in [0.2, 0.25) is 12.3 Å². The molecule has 1 unspecified atom stereocenters. The molecule has 34 heavy (non-hydrogen) atoms. The van der Waals surface area contributed by atoms with Gasteiger partial charge in [0.25, 0.3) is 0 Å². The molecule has 0 saturated carbocycles. The highest BCUT2D eigenvalue weighted by Crippen LogP contribution is 2.29. The fourth-order valence-electron chi connectivity index (χ4n) is 4.07. The molecule has 8 nitrogen and oxygen atoms in total. The van der Waals surface area contributed by atoms with E-state index in [4.69, 9.17) is 16.3 Å². The maximum Gasteiger partial charge on any atom is 0.238 e. The topological polar surface area (TPSA) is 92.5 Å². The van der Waals surface area contributed by atoms with E-state index in [1.165, 1.54) is 0 Å². The number of rotatable bonds is 6. The quantitative estimate of drug-likeness (QED) is 0.521. The third-order valence-corrected chi connectivity index (χ3v) is 5.88. The third-order valence-electron chi connectivity index (χ3n) is 5.65. The van der Waals surface area contributed by atoms with Gasteiger partial charge >= 0.3 is 0 Å². The minimum Gasteiger partial charge on any atom is -0.356 e. The Morgan fingerprint density at radius 3 is 2.85 bits per heavy atom. The molecule has 2 heterocycles. The second kappa shape index (κ2) is 9.84. The Balaban J connectivity index is 1.50. The Hall–Kier alpha value is -2.78. The van der Waals surface area contributed by atoms with E-state index in [2.05, 4.69) is 15.6 Å². The lowest BCUT2D eigenvalue weighted by Crippen LogP contribution is -2.50. The fraction of sp³-hybridized carbons (Fsp3) is 0.400. The minimum atomic E-state index is -1.21. The lowest BCUT2D eigenvalue weighted by molar-refractivity contribution is -0.240. The Kier molecular flexibility index (Phi) is 7.04. The number of fused-ring (bicyclic) bond motifs is 1. The average Bonchev–Trinajstić information content (AvgIpc) is 3.34. The highest BCUT2D eigenvalue weighted by molar-refractivity contribution is 6.30. The molecule has 2 atom stereocenters. The van der Waals surface area contributed by atoms with Crippen molar-refractivity contribution in [2.75, 3.05) is 6.54 Å². The summed E-state index contributed by atoms with van der Waals surface area (Å²) in [6.07, 6.45) is 1.28. The normalized spacial score (nSPS) is 19.1. The first-order chi connectivity index (χ1) is 16.1. The second-order valence-electron chi connectivity index (χ2n) is 9.56. The van der Waals surface area contributed by atoms with Crippen LogP contribution in [0.5, 0.6) is 0 Å². The van der Waals surface area contributed by atoms with E-state index in [1.54, 1.807) is 9.58 Å². The van der Waals surface area contributed by atoms with E-state index in [0.29, 0.717) is 24.5 Å². The van der Waals surface area contributed by atoms with Crippen molar-refractivity contribution in [3.05, 3.63) is 64.2 Å². The van der Waals surface area contributed by atoms with Crippen molar-refractivity contribution in [2.24, 2.45) is 7.05 Å². The zero-order chi connectivity index (χ0) is 24.5. The number of carbonyl (C=O) groups excluding carboxylic acids is 1. The number of hydrogen-bond donors (Lipinski definition) is 2. The van der Waals surface area contributed by atoms with Crippen molar-refractivity contribution >= 4 is 34.6 Å². The lowest BCUT2D eigenvalue weighted by Gasteiger charge is -2.32. The lowest BCUT2D eigenvalue weighted by atomic mass is 10.1.